The van der Waals surface area contributed by atoms with E-state index in [1.807, 2.05) is 13.8 Å². The second-order valence-corrected chi connectivity index (χ2v) is 5.15. The Kier molecular flexibility index (Phi) is 2.69. The molecular weight excluding hydrogens is 206 g/mol. The summed E-state index contributed by atoms with van der Waals surface area (Å²) in [6.07, 6.45) is 5.25. The van der Waals surface area contributed by atoms with Gasteiger partial charge in [-0.25, -0.2) is 0 Å². The number of hydrogen-bond donors (Lipinski definition) is 1. The molecule has 1 aliphatic carbocycles. The van der Waals surface area contributed by atoms with Gasteiger partial charge in [0.1, 0.15) is 0 Å². The highest BCUT2D eigenvalue weighted by Crippen LogP contribution is 2.46. The average Bonchev–Trinajstić information content (AvgIpc) is 2.62. The van der Waals surface area contributed by atoms with E-state index >= 15 is 0 Å². The van der Waals surface area contributed by atoms with Crippen molar-refractivity contribution < 1.29 is 9.90 Å². The van der Waals surface area contributed by atoms with Gasteiger partial charge >= 0.3 is 5.97 Å². The Morgan fingerprint density at radius 1 is 1.44 bits per heavy atom. The minimum absolute atomic E-state index is 0.283. The fourth-order valence-electron chi connectivity index (χ4n) is 2.22. The molecule has 1 saturated carbocycles. The van der Waals surface area contributed by atoms with Crippen LogP contribution in [0.25, 0.3) is 0 Å². The predicted octanol–water partition coefficient (Wildman–Crippen LogP) is 1.42. The smallest absolute Gasteiger partial charge is 0.309 e. The monoisotopic (exact) mass is 223 g/mol. The van der Waals surface area contributed by atoms with Gasteiger partial charge in [0.15, 0.2) is 0 Å². The first-order chi connectivity index (χ1) is 7.50. The summed E-state index contributed by atoms with van der Waals surface area (Å²) in [6.45, 7) is 4.42. The Hall–Kier alpha value is -1.39. The van der Waals surface area contributed by atoms with Gasteiger partial charge in [-0.1, -0.05) is 0 Å². The third-order valence-electron chi connectivity index (χ3n) is 3.70. The fourth-order valence-corrected chi connectivity index (χ4v) is 2.22. The summed E-state index contributed by atoms with van der Waals surface area (Å²) < 4.78 is 0. The molecule has 1 heterocycles. The van der Waals surface area contributed by atoms with Crippen LogP contribution in [-0.2, 0) is 11.3 Å². The Bertz CT molecular complexity index is 367. The summed E-state index contributed by atoms with van der Waals surface area (Å²) in [6, 6.07) is 0. The van der Waals surface area contributed by atoms with E-state index in [0.29, 0.717) is 5.92 Å². The van der Waals surface area contributed by atoms with Crippen LogP contribution in [0.3, 0.4) is 0 Å². The molecule has 2 rings (SSSR count). The number of carbonyl (C=O) groups is 1. The van der Waals surface area contributed by atoms with Gasteiger partial charge in [0, 0.05) is 0 Å². The lowest BCUT2D eigenvalue weighted by Crippen LogP contribution is -2.42. The maximum atomic E-state index is 11.0. The van der Waals surface area contributed by atoms with E-state index in [1.54, 1.807) is 17.2 Å². The quantitative estimate of drug-likeness (QED) is 0.838. The predicted molar refractivity (Wildman–Crippen MR) is 57.7 cm³/mol. The third kappa shape index (κ3) is 1.94. The molecule has 0 atom stereocenters. The number of aromatic nitrogens is 3. The first-order valence-electron chi connectivity index (χ1n) is 5.57. The molecule has 0 amide bonds. The lowest BCUT2D eigenvalue weighted by atomic mass is 9.62. The normalized spacial score (nSPS) is 25.1. The largest absolute Gasteiger partial charge is 0.481 e. The number of hydrogen-bond acceptors (Lipinski definition) is 3. The standard InChI is InChI=1S/C11H17N3O2/c1-11(2,10(15)16)9-5-8(6-9)7-14-12-3-4-13-14/h3-4,8-9H,5-7H2,1-2H3,(H,15,16). The van der Waals surface area contributed by atoms with Crippen molar-refractivity contribution in [3.63, 3.8) is 0 Å². The van der Waals surface area contributed by atoms with E-state index in [2.05, 4.69) is 10.2 Å². The molecule has 0 saturated heterocycles. The molecule has 0 bridgehead atoms. The van der Waals surface area contributed by atoms with Gasteiger partial charge in [0.05, 0.1) is 24.4 Å². The van der Waals surface area contributed by atoms with Crippen molar-refractivity contribution in [2.24, 2.45) is 17.3 Å². The summed E-state index contributed by atoms with van der Waals surface area (Å²) >= 11 is 0. The van der Waals surface area contributed by atoms with Crippen molar-refractivity contribution in [1.29, 1.82) is 0 Å². The van der Waals surface area contributed by atoms with Gasteiger partial charge in [-0.2, -0.15) is 15.0 Å². The summed E-state index contributed by atoms with van der Waals surface area (Å²) in [5.74, 6) is 0.106. The molecule has 0 spiro atoms. The zero-order chi connectivity index (χ0) is 11.8. The molecule has 0 radical (unpaired) electrons. The van der Waals surface area contributed by atoms with Crippen molar-refractivity contribution in [3.05, 3.63) is 12.4 Å². The van der Waals surface area contributed by atoms with Crippen LogP contribution in [0.2, 0.25) is 0 Å². The Balaban J connectivity index is 1.84. The van der Waals surface area contributed by atoms with Crippen molar-refractivity contribution in [1.82, 2.24) is 15.0 Å². The van der Waals surface area contributed by atoms with E-state index in [-0.39, 0.29) is 5.92 Å². The zero-order valence-electron chi connectivity index (χ0n) is 9.63. The van der Waals surface area contributed by atoms with E-state index in [0.717, 1.165) is 19.4 Å². The number of nitrogens with zero attached hydrogens (tertiary/aromatic N) is 3. The molecule has 1 fully saturated rings. The van der Waals surface area contributed by atoms with E-state index in [9.17, 15) is 4.79 Å². The minimum Gasteiger partial charge on any atom is -0.481 e. The Labute approximate surface area is 94.5 Å². The van der Waals surface area contributed by atoms with Crippen molar-refractivity contribution >= 4 is 5.97 Å². The first-order valence-corrected chi connectivity index (χ1v) is 5.57. The summed E-state index contributed by atoms with van der Waals surface area (Å²) in [5.41, 5.74) is -0.603. The van der Waals surface area contributed by atoms with Gasteiger partial charge in [-0.05, 0) is 38.5 Å². The van der Waals surface area contributed by atoms with E-state index in [1.165, 1.54) is 0 Å². The van der Waals surface area contributed by atoms with Crippen molar-refractivity contribution in [3.8, 4) is 0 Å². The molecule has 1 N–H and O–H groups in total. The maximum absolute atomic E-state index is 11.0. The lowest BCUT2D eigenvalue weighted by molar-refractivity contribution is -0.153. The van der Waals surface area contributed by atoms with E-state index in [4.69, 9.17) is 5.11 Å². The van der Waals surface area contributed by atoms with Crippen LogP contribution in [0.1, 0.15) is 26.7 Å². The fraction of sp³-hybridized carbons (Fsp3) is 0.727. The highest BCUT2D eigenvalue weighted by atomic mass is 16.4. The molecule has 0 aromatic carbocycles. The van der Waals surface area contributed by atoms with Gasteiger partial charge in [0.2, 0.25) is 0 Å². The second-order valence-electron chi connectivity index (χ2n) is 5.15. The SMILES string of the molecule is CC(C)(C(=O)O)C1CC(Cn2nccn2)C1. The molecule has 0 aliphatic heterocycles. The molecule has 1 aromatic heterocycles. The molecule has 5 nitrogen and oxygen atoms in total. The van der Waals surface area contributed by atoms with Crippen molar-refractivity contribution in [2.45, 2.75) is 33.2 Å². The lowest BCUT2D eigenvalue weighted by Gasteiger charge is -2.42. The number of aliphatic carboxylic acids is 1. The maximum Gasteiger partial charge on any atom is 0.309 e. The molecule has 1 aliphatic rings. The minimum atomic E-state index is -0.701. The Morgan fingerprint density at radius 2 is 2.00 bits per heavy atom. The zero-order valence-corrected chi connectivity index (χ0v) is 9.63. The molecular formula is C11H17N3O2. The third-order valence-corrected chi connectivity index (χ3v) is 3.70. The molecule has 88 valence electrons. The topological polar surface area (TPSA) is 68.0 Å². The highest BCUT2D eigenvalue weighted by Gasteiger charge is 2.44. The molecule has 5 heteroatoms. The van der Waals surface area contributed by atoms with E-state index < -0.39 is 11.4 Å². The van der Waals surface area contributed by atoms with Crippen molar-refractivity contribution in [2.75, 3.05) is 0 Å². The van der Waals surface area contributed by atoms with Gasteiger partial charge in [-0.3, -0.25) is 4.79 Å². The van der Waals surface area contributed by atoms with Crippen LogP contribution in [0.15, 0.2) is 12.4 Å². The number of carboxylic acid groups (broad SMARTS) is 1. The van der Waals surface area contributed by atoms with Crippen LogP contribution in [0.5, 0.6) is 0 Å². The number of carboxylic acids is 1. The average molecular weight is 223 g/mol. The molecule has 0 unspecified atom stereocenters. The molecule has 1 aromatic rings. The second kappa shape index (κ2) is 3.88. The van der Waals surface area contributed by atoms with Crippen LogP contribution >= 0.6 is 0 Å². The molecule has 16 heavy (non-hydrogen) atoms. The highest BCUT2D eigenvalue weighted by molar-refractivity contribution is 5.74. The van der Waals surface area contributed by atoms with Crippen LogP contribution < -0.4 is 0 Å². The van der Waals surface area contributed by atoms with Gasteiger partial charge in [-0.15, -0.1) is 0 Å². The van der Waals surface area contributed by atoms with Gasteiger partial charge in [0.25, 0.3) is 0 Å². The van der Waals surface area contributed by atoms with Crippen LogP contribution in [-0.4, -0.2) is 26.1 Å². The summed E-state index contributed by atoms with van der Waals surface area (Å²) in [4.78, 5) is 12.7. The number of rotatable bonds is 4. The first kappa shape index (κ1) is 11.1. The summed E-state index contributed by atoms with van der Waals surface area (Å²) in [7, 11) is 0. The van der Waals surface area contributed by atoms with Crippen LogP contribution in [0, 0.1) is 17.3 Å². The van der Waals surface area contributed by atoms with Gasteiger partial charge < -0.3 is 5.11 Å². The van der Waals surface area contributed by atoms with Crippen LogP contribution in [0.4, 0.5) is 0 Å². The summed E-state index contributed by atoms with van der Waals surface area (Å²) in [5, 5.41) is 17.2. The Morgan fingerprint density at radius 3 is 2.50 bits per heavy atom.